The van der Waals surface area contributed by atoms with Crippen molar-refractivity contribution < 1.29 is 9.59 Å². The quantitative estimate of drug-likeness (QED) is 0.316. The number of rotatable bonds is 6. The van der Waals surface area contributed by atoms with Crippen molar-refractivity contribution in [2.45, 2.75) is 44.7 Å². The maximum atomic E-state index is 14.1. The van der Waals surface area contributed by atoms with E-state index in [1.807, 2.05) is 23.1 Å². The van der Waals surface area contributed by atoms with E-state index in [-0.39, 0.29) is 11.8 Å². The van der Waals surface area contributed by atoms with Gasteiger partial charge in [-0.25, -0.2) is 4.68 Å². The first-order valence-electron chi connectivity index (χ1n) is 12.3. The number of benzene rings is 3. The van der Waals surface area contributed by atoms with Gasteiger partial charge in [0.05, 0.1) is 10.6 Å². The summed E-state index contributed by atoms with van der Waals surface area (Å²) >= 11 is 12.5. The number of carbonyl (C=O) groups excluding carboxylic acids is 2. The summed E-state index contributed by atoms with van der Waals surface area (Å²) in [6.07, 6.45) is 4.79. The van der Waals surface area contributed by atoms with Crippen LogP contribution < -0.4 is 10.2 Å². The normalized spacial score (nSPS) is 17.0. The Bertz CT molecular complexity index is 1460. The van der Waals surface area contributed by atoms with E-state index in [0.717, 1.165) is 30.5 Å². The van der Waals surface area contributed by atoms with Crippen LogP contribution in [-0.2, 0) is 13.0 Å². The van der Waals surface area contributed by atoms with Crippen LogP contribution in [0.25, 0.3) is 0 Å². The average Bonchev–Trinajstić information content (AvgIpc) is 3.38. The van der Waals surface area contributed by atoms with Crippen molar-refractivity contribution in [2.24, 2.45) is 0 Å². The molecule has 8 nitrogen and oxygen atoms in total. The highest BCUT2D eigenvalue weighted by molar-refractivity contribution is 6.34. The SMILES string of the molecule is CC1(CCn2cnnn2)CCCc2cc(Cl)ccc2N1C(=O)c1ccc(NC(=O)c2ccccc2Cl)cc1. The van der Waals surface area contributed by atoms with E-state index in [2.05, 4.69) is 27.8 Å². The van der Waals surface area contributed by atoms with Gasteiger partial charge >= 0.3 is 0 Å². The Morgan fingerprint density at radius 1 is 1.05 bits per heavy atom. The number of fused-ring (bicyclic) bond motifs is 1. The number of hydrogen-bond acceptors (Lipinski definition) is 5. The second-order valence-electron chi connectivity index (χ2n) is 9.60. The topological polar surface area (TPSA) is 93.0 Å². The first-order chi connectivity index (χ1) is 18.3. The molecule has 1 atom stereocenters. The van der Waals surface area contributed by atoms with Gasteiger partial charge in [-0.3, -0.25) is 9.59 Å². The van der Waals surface area contributed by atoms with E-state index in [4.69, 9.17) is 23.2 Å². The third-order valence-corrected chi connectivity index (χ3v) is 7.53. The zero-order valence-corrected chi connectivity index (χ0v) is 22.3. The van der Waals surface area contributed by atoms with Gasteiger partial charge in [0.25, 0.3) is 11.8 Å². The minimum atomic E-state index is -0.487. The number of anilines is 2. The maximum Gasteiger partial charge on any atom is 0.258 e. The maximum absolute atomic E-state index is 14.1. The summed E-state index contributed by atoms with van der Waals surface area (Å²) < 4.78 is 1.68. The molecule has 0 fully saturated rings. The molecule has 0 radical (unpaired) electrons. The molecule has 1 unspecified atom stereocenters. The molecule has 0 bridgehead atoms. The van der Waals surface area contributed by atoms with Crippen molar-refractivity contribution in [2.75, 3.05) is 10.2 Å². The lowest BCUT2D eigenvalue weighted by Gasteiger charge is -2.41. The zero-order valence-electron chi connectivity index (χ0n) is 20.8. The Hall–Kier alpha value is -3.75. The Balaban J connectivity index is 1.43. The summed E-state index contributed by atoms with van der Waals surface area (Å²) in [4.78, 5) is 28.7. The Morgan fingerprint density at radius 3 is 2.58 bits per heavy atom. The molecule has 4 aromatic rings. The molecule has 0 spiro atoms. The molecular formula is C28H26Cl2N6O2. The molecule has 194 valence electrons. The smallest absolute Gasteiger partial charge is 0.258 e. The molecule has 0 saturated carbocycles. The summed E-state index contributed by atoms with van der Waals surface area (Å²) in [7, 11) is 0. The number of nitrogens with one attached hydrogen (secondary N) is 1. The van der Waals surface area contributed by atoms with Crippen LogP contribution in [0.2, 0.25) is 10.0 Å². The molecule has 1 aromatic heterocycles. The summed E-state index contributed by atoms with van der Waals surface area (Å²) in [6.45, 7) is 2.68. The fourth-order valence-corrected chi connectivity index (χ4v) is 5.35. The van der Waals surface area contributed by atoms with Crippen molar-refractivity contribution in [3.63, 3.8) is 0 Å². The Morgan fingerprint density at radius 2 is 1.84 bits per heavy atom. The minimum Gasteiger partial charge on any atom is -0.322 e. The predicted molar refractivity (Wildman–Crippen MR) is 148 cm³/mol. The van der Waals surface area contributed by atoms with Crippen molar-refractivity contribution in [3.05, 3.63) is 99.8 Å². The molecule has 3 aromatic carbocycles. The standard InChI is InChI=1S/C28H26Cl2N6O2/c1-28(15-16-35-18-31-33-34-35)14-4-5-20-17-21(29)10-13-25(20)36(28)27(38)19-8-11-22(12-9-19)32-26(37)23-6-2-3-7-24(23)30/h2-3,6-13,17-18H,4-5,14-16H2,1H3,(H,32,37). The van der Waals surface area contributed by atoms with Crippen molar-refractivity contribution in [1.82, 2.24) is 20.2 Å². The first-order valence-corrected chi connectivity index (χ1v) is 13.1. The van der Waals surface area contributed by atoms with E-state index in [9.17, 15) is 9.59 Å². The summed E-state index contributed by atoms with van der Waals surface area (Å²) in [6, 6.07) is 19.4. The van der Waals surface area contributed by atoms with E-state index in [0.29, 0.717) is 39.8 Å². The van der Waals surface area contributed by atoms with Crippen LogP contribution in [0.1, 0.15) is 52.5 Å². The lowest BCUT2D eigenvalue weighted by molar-refractivity contribution is 0.0950. The summed E-state index contributed by atoms with van der Waals surface area (Å²) in [5.41, 5.74) is 2.87. The fraction of sp³-hybridized carbons (Fsp3) is 0.250. The molecule has 0 aliphatic carbocycles. The zero-order chi connectivity index (χ0) is 26.7. The molecule has 1 aliphatic heterocycles. The van der Waals surface area contributed by atoms with E-state index >= 15 is 0 Å². The molecule has 2 amide bonds. The minimum absolute atomic E-state index is 0.126. The van der Waals surface area contributed by atoms with Gasteiger partial charge in [-0.2, -0.15) is 0 Å². The summed E-state index contributed by atoms with van der Waals surface area (Å²) in [5, 5.41) is 15.3. The van der Waals surface area contributed by atoms with E-state index < -0.39 is 5.54 Å². The van der Waals surface area contributed by atoms with E-state index in [1.165, 1.54) is 0 Å². The number of nitrogens with zero attached hydrogens (tertiary/aromatic N) is 5. The number of aromatic nitrogens is 4. The first kappa shape index (κ1) is 25.9. The average molecular weight is 549 g/mol. The van der Waals surface area contributed by atoms with Crippen molar-refractivity contribution in [1.29, 1.82) is 0 Å². The molecule has 1 aliphatic rings. The second kappa shape index (κ2) is 10.9. The fourth-order valence-electron chi connectivity index (χ4n) is 4.93. The Labute approximate surface area is 230 Å². The van der Waals surface area contributed by atoms with Crippen LogP contribution >= 0.6 is 23.2 Å². The monoisotopic (exact) mass is 548 g/mol. The van der Waals surface area contributed by atoms with Crippen molar-refractivity contribution >= 4 is 46.4 Å². The van der Waals surface area contributed by atoms with Gasteiger partial charge < -0.3 is 10.2 Å². The molecule has 38 heavy (non-hydrogen) atoms. The third-order valence-electron chi connectivity index (χ3n) is 6.97. The van der Waals surface area contributed by atoms with Gasteiger partial charge in [-0.15, -0.1) is 5.10 Å². The lowest BCUT2D eigenvalue weighted by Crippen LogP contribution is -2.50. The summed E-state index contributed by atoms with van der Waals surface area (Å²) in [5.74, 6) is -0.443. The van der Waals surface area contributed by atoms with Gasteiger partial charge in [0.15, 0.2) is 0 Å². The molecule has 1 N–H and O–H groups in total. The molecule has 10 heteroatoms. The number of tetrazole rings is 1. The van der Waals surface area contributed by atoms with Crippen LogP contribution in [0, 0.1) is 0 Å². The molecule has 0 saturated heterocycles. The van der Waals surface area contributed by atoms with Gasteiger partial charge in [0.1, 0.15) is 6.33 Å². The third kappa shape index (κ3) is 5.42. The Kier molecular flexibility index (Phi) is 7.44. The van der Waals surface area contributed by atoms with Crippen LogP contribution in [0.5, 0.6) is 0 Å². The number of carbonyl (C=O) groups is 2. The van der Waals surface area contributed by atoms with Crippen LogP contribution in [0.3, 0.4) is 0 Å². The van der Waals surface area contributed by atoms with Gasteiger partial charge in [0, 0.05) is 34.0 Å². The largest absolute Gasteiger partial charge is 0.322 e. The van der Waals surface area contributed by atoms with E-state index in [1.54, 1.807) is 59.5 Å². The van der Waals surface area contributed by atoms with Crippen LogP contribution in [0.4, 0.5) is 11.4 Å². The van der Waals surface area contributed by atoms with Gasteiger partial charge in [0.2, 0.25) is 0 Å². The predicted octanol–water partition coefficient (Wildman–Crippen LogP) is 6.06. The number of halogens is 2. The number of hydrogen-bond donors (Lipinski definition) is 1. The highest BCUT2D eigenvalue weighted by atomic mass is 35.5. The number of amides is 2. The van der Waals surface area contributed by atoms with Crippen LogP contribution in [0.15, 0.2) is 73.1 Å². The molecule has 5 rings (SSSR count). The van der Waals surface area contributed by atoms with Gasteiger partial charge in [-0.05, 0) is 103 Å². The van der Waals surface area contributed by atoms with Crippen LogP contribution in [-0.4, -0.2) is 37.6 Å². The molecule has 2 heterocycles. The highest BCUT2D eigenvalue weighted by Gasteiger charge is 2.39. The lowest BCUT2D eigenvalue weighted by atomic mass is 9.89. The second-order valence-corrected chi connectivity index (χ2v) is 10.4. The molecular weight excluding hydrogens is 523 g/mol. The van der Waals surface area contributed by atoms with Gasteiger partial charge in [-0.1, -0.05) is 35.3 Å². The number of aryl methyl sites for hydroxylation is 2. The van der Waals surface area contributed by atoms with Crippen molar-refractivity contribution in [3.8, 4) is 0 Å². The highest BCUT2D eigenvalue weighted by Crippen LogP contribution is 2.40.